The zero-order valence-electron chi connectivity index (χ0n) is 10.7. The first-order valence-electron chi connectivity index (χ1n) is 6.35. The van der Waals surface area contributed by atoms with E-state index in [1.54, 1.807) is 18.2 Å². The van der Waals surface area contributed by atoms with Gasteiger partial charge in [-0.1, -0.05) is 11.3 Å². The molecule has 0 unspecified atom stereocenters. The van der Waals surface area contributed by atoms with Crippen molar-refractivity contribution in [3.63, 3.8) is 0 Å². The zero-order chi connectivity index (χ0) is 14.1. The molecule has 0 bridgehead atoms. The molecule has 1 aromatic carbocycles. The van der Waals surface area contributed by atoms with Crippen molar-refractivity contribution in [3.05, 3.63) is 23.8 Å². The van der Waals surface area contributed by atoms with E-state index in [1.165, 1.54) is 11.3 Å². The van der Waals surface area contributed by atoms with Gasteiger partial charge in [-0.2, -0.15) is 0 Å². The standard InChI is InChI=1S/C13H14N4O2S/c14-13-17-9-4-1-7(5-10(9)20-13)12(19)15-6-11(18)16-8-2-3-8/h1,4-5,8H,2-3,6H2,(H2,14,17)(H,15,19)(H,16,18). The molecule has 1 aromatic heterocycles. The number of anilines is 1. The summed E-state index contributed by atoms with van der Waals surface area (Å²) in [7, 11) is 0. The lowest BCUT2D eigenvalue weighted by Gasteiger charge is -2.05. The van der Waals surface area contributed by atoms with E-state index in [4.69, 9.17) is 5.73 Å². The predicted molar refractivity (Wildman–Crippen MR) is 77.5 cm³/mol. The minimum Gasteiger partial charge on any atom is -0.375 e. The fraction of sp³-hybridized carbons (Fsp3) is 0.308. The summed E-state index contributed by atoms with van der Waals surface area (Å²) in [4.78, 5) is 27.6. The van der Waals surface area contributed by atoms with E-state index in [9.17, 15) is 9.59 Å². The Morgan fingerprint density at radius 3 is 2.95 bits per heavy atom. The molecule has 4 N–H and O–H groups in total. The number of hydrogen-bond acceptors (Lipinski definition) is 5. The smallest absolute Gasteiger partial charge is 0.251 e. The maximum Gasteiger partial charge on any atom is 0.251 e. The van der Waals surface area contributed by atoms with Crippen molar-refractivity contribution >= 4 is 38.5 Å². The number of rotatable bonds is 4. The lowest BCUT2D eigenvalue weighted by atomic mass is 10.2. The summed E-state index contributed by atoms with van der Waals surface area (Å²) >= 11 is 1.33. The maximum absolute atomic E-state index is 12.0. The van der Waals surface area contributed by atoms with Crippen LogP contribution in [-0.2, 0) is 4.79 Å². The van der Waals surface area contributed by atoms with Crippen molar-refractivity contribution < 1.29 is 9.59 Å². The van der Waals surface area contributed by atoms with Gasteiger partial charge in [-0.05, 0) is 31.0 Å². The van der Waals surface area contributed by atoms with Gasteiger partial charge in [-0.3, -0.25) is 9.59 Å². The number of nitrogens with one attached hydrogen (secondary N) is 2. The summed E-state index contributed by atoms with van der Waals surface area (Å²) in [5.74, 6) is -0.422. The monoisotopic (exact) mass is 290 g/mol. The number of nitrogen functional groups attached to an aromatic ring is 1. The third kappa shape index (κ3) is 2.88. The molecular weight excluding hydrogens is 276 g/mol. The van der Waals surface area contributed by atoms with Gasteiger partial charge >= 0.3 is 0 Å². The summed E-state index contributed by atoms with van der Waals surface area (Å²) in [6.45, 7) is -0.00179. The second-order valence-corrected chi connectivity index (χ2v) is 5.82. The normalized spacial score (nSPS) is 14.2. The summed E-state index contributed by atoms with van der Waals surface area (Å²) in [5, 5.41) is 5.89. The molecule has 2 amide bonds. The van der Waals surface area contributed by atoms with Crippen LogP contribution < -0.4 is 16.4 Å². The fourth-order valence-electron chi connectivity index (χ4n) is 1.85. The number of hydrogen-bond donors (Lipinski definition) is 3. The minimum atomic E-state index is -0.273. The number of fused-ring (bicyclic) bond motifs is 1. The number of nitrogens with zero attached hydrogens (tertiary/aromatic N) is 1. The number of carbonyl (C=O) groups is 2. The van der Waals surface area contributed by atoms with Crippen LogP contribution in [0.1, 0.15) is 23.2 Å². The molecule has 1 fully saturated rings. The molecule has 6 nitrogen and oxygen atoms in total. The van der Waals surface area contributed by atoms with E-state index >= 15 is 0 Å². The number of thiazole rings is 1. The molecular formula is C13H14N4O2S. The van der Waals surface area contributed by atoms with Gasteiger partial charge in [-0.25, -0.2) is 4.98 Å². The summed E-state index contributed by atoms with van der Waals surface area (Å²) in [5.41, 5.74) is 6.90. The summed E-state index contributed by atoms with van der Waals surface area (Å²) < 4.78 is 0.859. The SMILES string of the molecule is Nc1nc2ccc(C(=O)NCC(=O)NC3CC3)cc2s1. The molecule has 1 aliphatic rings. The summed E-state index contributed by atoms with van der Waals surface area (Å²) in [6, 6.07) is 5.46. The van der Waals surface area contributed by atoms with E-state index in [0.717, 1.165) is 23.1 Å². The summed E-state index contributed by atoms with van der Waals surface area (Å²) in [6.07, 6.45) is 2.06. The Balaban J connectivity index is 1.63. The van der Waals surface area contributed by atoms with Crippen molar-refractivity contribution in [1.82, 2.24) is 15.6 Å². The number of carbonyl (C=O) groups excluding carboxylic acids is 2. The Labute approximate surface area is 119 Å². The quantitative estimate of drug-likeness (QED) is 0.779. The van der Waals surface area contributed by atoms with E-state index in [0.29, 0.717) is 16.7 Å². The van der Waals surface area contributed by atoms with Gasteiger partial charge in [0.2, 0.25) is 5.91 Å². The first-order valence-corrected chi connectivity index (χ1v) is 7.17. The van der Waals surface area contributed by atoms with Crippen LogP contribution in [0.25, 0.3) is 10.2 Å². The molecule has 0 spiro atoms. The number of aromatic nitrogens is 1. The van der Waals surface area contributed by atoms with Crippen LogP contribution >= 0.6 is 11.3 Å². The second-order valence-electron chi connectivity index (χ2n) is 4.76. The van der Waals surface area contributed by atoms with E-state index < -0.39 is 0 Å². The lowest BCUT2D eigenvalue weighted by Crippen LogP contribution is -2.37. The van der Waals surface area contributed by atoms with Gasteiger partial charge in [-0.15, -0.1) is 0 Å². The molecule has 0 radical (unpaired) electrons. The highest BCUT2D eigenvalue weighted by molar-refractivity contribution is 7.22. The van der Waals surface area contributed by atoms with Crippen molar-refractivity contribution in [2.45, 2.75) is 18.9 Å². The first-order chi connectivity index (χ1) is 9.61. The lowest BCUT2D eigenvalue weighted by molar-refractivity contribution is -0.120. The molecule has 0 saturated heterocycles. The molecule has 7 heteroatoms. The average Bonchev–Trinajstić information content (AvgIpc) is 3.14. The van der Waals surface area contributed by atoms with E-state index in [-0.39, 0.29) is 18.4 Å². The van der Waals surface area contributed by atoms with Gasteiger partial charge in [0.25, 0.3) is 5.91 Å². The van der Waals surface area contributed by atoms with Crippen LogP contribution in [-0.4, -0.2) is 29.4 Å². The van der Waals surface area contributed by atoms with Gasteiger partial charge in [0, 0.05) is 11.6 Å². The molecule has 0 aliphatic heterocycles. The third-order valence-electron chi connectivity index (χ3n) is 3.02. The van der Waals surface area contributed by atoms with Crippen molar-refractivity contribution in [2.75, 3.05) is 12.3 Å². The van der Waals surface area contributed by atoms with Gasteiger partial charge < -0.3 is 16.4 Å². The Morgan fingerprint density at radius 2 is 2.20 bits per heavy atom. The van der Waals surface area contributed by atoms with Crippen molar-refractivity contribution in [2.24, 2.45) is 0 Å². The molecule has 20 heavy (non-hydrogen) atoms. The van der Waals surface area contributed by atoms with Crippen LogP contribution in [0.3, 0.4) is 0 Å². The zero-order valence-corrected chi connectivity index (χ0v) is 11.5. The van der Waals surface area contributed by atoms with Crippen molar-refractivity contribution in [1.29, 1.82) is 0 Å². The molecule has 1 saturated carbocycles. The highest BCUT2D eigenvalue weighted by Crippen LogP contribution is 2.24. The number of benzene rings is 1. The number of nitrogens with two attached hydrogens (primary N) is 1. The van der Waals surface area contributed by atoms with Crippen LogP contribution in [0.15, 0.2) is 18.2 Å². The molecule has 2 aromatic rings. The van der Waals surface area contributed by atoms with Crippen LogP contribution in [0, 0.1) is 0 Å². The highest BCUT2D eigenvalue weighted by atomic mass is 32.1. The van der Waals surface area contributed by atoms with E-state index in [2.05, 4.69) is 15.6 Å². The van der Waals surface area contributed by atoms with Crippen molar-refractivity contribution in [3.8, 4) is 0 Å². The Morgan fingerprint density at radius 1 is 1.40 bits per heavy atom. The van der Waals surface area contributed by atoms with Crippen LogP contribution in [0.4, 0.5) is 5.13 Å². The van der Waals surface area contributed by atoms with Crippen LogP contribution in [0.5, 0.6) is 0 Å². The maximum atomic E-state index is 12.0. The minimum absolute atomic E-state index is 0.00179. The molecule has 1 heterocycles. The molecule has 0 atom stereocenters. The average molecular weight is 290 g/mol. The van der Waals surface area contributed by atoms with Gasteiger partial charge in [0.15, 0.2) is 5.13 Å². The first kappa shape index (κ1) is 12.9. The largest absolute Gasteiger partial charge is 0.375 e. The Hall–Kier alpha value is -2.15. The molecule has 1 aliphatic carbocycles. The van der Waals surface area contributed by atoms with Crippen LogP contribution in [0.2, 0.25) is 0 Å². The Bertz CT molecular complexity index is 678. The molecule has 104 valence electrons. The predicted octanol–water partition coefficient (Wildman–Crippen LogP) is 0.887. The van der Waals surface area contributed by atoms with Gasteiger partial charge in [0.1, 0.15) is 0 Å². The fourth-order valence-corrected chi connectivity index (χ4v) is 2.63. The van der Waals surface area contributed by atoms with Gasteiger partial charge in [0.05, 0.1) is 16.8 Å². The Kier molecular flexibility index (Phi) is 3.27. The topological polar surface area (TPSA) is 97.1 Å². The third-order valence-corrected chi connectivity index (χ3v) is 3.87. The second kappa shape index (κ2) is 5.09. The van der Waals surface area contributed by atoms with E-state index in [1.807, 2.05) is 0 Å². The molecule has 3 rings (SSSR count). The highest BCUT2D eigenvalue weighted by Gasteiger charge is 2.23. The number of amides is 2.